The van der Waals surface area contributed by atoms with Crippen molar-refractivity contribution in [3.8, 4) is 0 Å². The van der Waals surface area contributed by atoms with Crippen molar-refractivity contribution in [3.05, 3.63) is 18.5 Å². The maximum atomic E-state index is 11.6. The molecule has 1 aromatic rings. The van der Waals surface area contributed by atoms with Gasteiger partial charge >= 0.3 is 0 Å². The number of aromatic nitrogens is 1. The van der Waals surface area contributed by atoms with Crippen molar-refractivity contribution < 1.29 is 4.79 Å². The Morgan fingerprint density at radius 1 is 1.57 bits per heavy atom. The van der Waals surface area contributed by atoms with Crippen molar-refractivity contribution in [2.24, 2.45) is 5.92 Å². The first-order chi connectivity index (χ1) is 6.54. The molecule has 0 aliphatic carbocycles. The van der Waals surface area contributed by atoms with Crippen LogP contribution >= 0.6 is 0 Å². The Kier molecular flexibility index (Phi) is 3.06. The Bertz CT molecular complexity index is 336. The van der Waals surface area contributed by atoms with Crippen LogP contribution in [0.1, 0.15) is 13.8 Å². The Labute approximate surface area is 83.7 Å². The standard InChI is InChI=1S/C10H15N3O/c1-7(2)10(14)13(3)9-4-5-12-6-8(9)11/h4-7H,11H2,1-3H3. The molecule has 0 aliphatic rings. The summed E-state index contributed by atoms with van der Waals surface area (Å²) < 4.78 is 0. The summed E-state index contributed by atoms with van der Waals surface area (Å²) in [5.74, 6) is 0.00969. The Morgan fingerprint density at radius 2 is 2.21 bits per heavy atom. The van der Waals surface area contributed by atoms with E-state index in [2.05, 4.69) is 4.98 Å². The summed E-state index contributed by atoms with van der Waals surface area (Å²) in [5, 5.41) is 0. The summed E-state index contributed by atoms with van der Waals surface area (Å²) in [5.41, 5.74) is 6.93. The van der Waals surface area contributed by atoms with E-state index in [0.29, 0.717) is 11.4 Å². The smallest absolute Gasteiger partial charge is 0.229 e. The molecule has 14 heavy (non-hydrogen) atoms. The fourth-order valence-corrected chi connectivity index (χ4v) is 1.21. The van der Waals surface area contributed by atoms with Crippen LogP contribution in [-0.2, 0) is 4.79 Å². The van der Waals surface area contributed by atoms with Gasteiger partial charge in [0, 0.05) is 19.2 Å². The number of rotatable bonds is 2. The number of pyridine rings is 1. The van der Waals surface area contributed by atoms with E-state index in [-0.39, 0.29) is 11.8 Å². The van der Waals surface area contributed by atoms with Crippen LogP contribution in [0.2, 0.25) is 0 Å². The maximum Gasteiger partial charge on any atom is 0.229 e. The molecule has 1 heterocycles. The van der Waals surface area contributed by atoms with Gasteiger partial charge in [-0.3, -0.25) is 9.78 Å². The van der Waals surface area contributed by atoms with Gasteiger partial charge in [0.2, 0.25) is 5.91 Å². The Balaban J connectivity index is 2.95. The van der Waals surface area contributed by atoms with Crippen LogP contribution in [0.4, 0.5) is 11.4 Å². The topological polar surface area (TPSA) is 59.2 Å². The highest BCUT2D eigenvalue weighted by Gasteiger charge is 2.15. The van der Waals surface area contributed by atoms with Gasteiger partial charge in [-0.2, -0.15) is 0 Å². The summed E-state index contributed by atoms with van der Waals surface area (Å²) in [4.78, 5) is 17.1. The molecule has 0 saturated carbocycles. The number of nitrogen functional groups attached to an aromatic ring is 1. The van der Waals surface area contributed by atoms with E-state index >= 15 is 0 Å². The van der Waals surface area contributed by atoms with E-state index in [9.17, 15) is 4.79 Å². The van der Waals surface area contributed by atoms with Crippen molar-refractivity contribution in [1.29, 1.82) is 0 Å². The lowest BCUT2D eigenvalue weighted by Crippen LogP contribution is -2.30. The minimum Gasteiger partial charge on any atom is -0.396 e. The molecule has 0 atom stereocenters. The quantitative estimate of drug-likeness (QED) is 0.769. The third-order valence-corrected chi connectivity index (χ3v) is 2.01. The van der Waals surface area contributed by atoms with Crippen molar-refractivity contribution in [3.63, 3.8) is 0 Å². The van der Waals surface area contributed by atoms with Gasteiger partial charge in [-0.05, 0) is 6.07 Å². The summed E-state index contributed by atoms with van der Waals surface area (Å²) in [6.45, 7) is 3.71. The summed E-state index contributed by atoms with van der Waals surface area (Å²) in [6, 6.07) is 1.73. The van der Waals surface area contributed by atoms with Gasteiger partial charge in [0.1, 0.15) is 0 Å². The van der Waals surface area contributed by atoms with Crippen molar-refractivity contribution in [2.75, 3.05) is 17.7 Å². The van der Waals surface area contributed by atoms with E-state index in [4.69, 9.17) is 5.73 Å². The molecule has 1 aromatic heterocycles. The maximum absolute atomic E-state index is 11.6. The minimum atomic E-state index is -0.0347. The summed E-state index contributed by atoms with van der Waals surface area (Å²) in [7, 11) is 1.72. The third-order valence-electron chi connectivity index (χ3n) is 2.01. The average Bonchev–Trinajstić information content (AvgIpc) is 2.16. The molecule has 0 unspecified atom stereocenters. The first-order valence-corrected chi connectivity index (χ1v) is 4.51. The molecule has 4 nitrogen and oxygen atoms in total. The molecular formula is C10H15N3O. The molecule has 0 saturated heterocycles. The fraction of sp³-hybridized carbons (Fsp3) is 0.400. The third kappa shape index (κ3) is 2.02. The Morgan fingerprint density at radius 3 is 2.71 bits per heavy atom. The normalized spacial score (nSPS) is 10.3. The monoisotopic (exact) mass is 193 g/mol. The van der Waals surface area contributed by atoms with Crippen molar-refractivity contribution >= 4 is 17.3 Å². The highest BCUT2D eigenvalue weighted by molar-refractivity contribution is 5.96. The number of hydrogen-bond donors (Lipinski definition) is 1. The second kappa shape index (κ2) is 4.09. The van der Waals surface area contributed by atoms with Crippen LogP contribution in [0.5, 0.6) is 0 Å². The molecule has 2 N–H and O–H groups in total. The number of anilines is 2. The number of carbonyl (C=O) groups excluding carboxylic acids is 1. The number of nitrogens with two attached hydrogens (primary N) is 1. The molecule has 4 heteroatoms. The first kappa shape index (κ1) is 10.5. The number of nitrogens with zero attached hydrogens (tertiary/aromatic N) is 2. The van der Waals surface area contributed by atoms with E-state index in [1.165, 1.54) is 0 Å². The largest absolute Gasteiger partial charge is 0.396 e. The number of carbonyl (C=O) groups is 1. The number of amides is 1. The molecular weight excluding hydrogens is 178 g/mol. The second-order valence-electron chi connectivity index (χ2n) is 3.49. The highest BCUT2D eigenvalue weighted by Crippen LogP contribution is 2.21. The summed E-state index contributed by atoms with van der Waals surface area (Å²) >= 11 is 0. The van der Waals surface area contributed by atoms with E-state index in [1.807, 2.05) is 13.8 Å². The molecule has 76 valence electrons. The van der Waals surface area contributed by atoms with Gasteiger partial charge in [-0.1, -0.05) is 13.8 Å². The molecule has 0 spiro atoms. The zero-order chi connectivity index (χ0) is 10.7. The lowest BCUT2D eigenvalue weighted by Gasteiger charge is -2.20. The van der Waals surface area contributed by atoms with Gasteiger partial charge in [0.25, 0.3) is 0 Å². The van der Waals surface area contributed by atoms with Crippen LogP contribution in [-0.4, -0.2) is 17.9 Å². The second-order valence-corrected chi connectivity index (χ2v) is 3.49. The van der Waals surface area contributed by atoms with Gasteiger partial charge in [0.15, 0.2) is 0 Å². The van der Waals surface area contributed by atoms with Crippen LogP contribution in [0, 0.1) is 5.92 Å². The van der Waals surface area contributed by atoms with Gasteiger partial charge in [-0.15, -0.1) is 0 Å². The predicted molar refractivity (Wildman–Crippen MR) is 56.9 cm³/mol. The van der Waals surface area contributed by atoms with Crippen molar-refractivity contribution in [1.82, 2.24) is 4.98 Å². The van der Waals surface area contributed by atoms with E-state index in [0.717, 1.165) is 0 Å². The molecule has 1 amide bonds. The van der Waals surface area contributed by atoms with E-state index < -0.39 is 0 Å². The molecule has 0 aliphatic heterocycles. The lowest BCUT2D eigenvalue weighted by atomic mass is 10.2. The van der Waals surface area contributed by atoms with Gasteiger partial charge in [-0.25, -0.2) is 0 Å². The summed E-state index contributed by atoms with van der Waals surface area (Å²) in [6.07, 6.45) is 3.16. The highest BCUT2D eigenvalue weighted by atomic mass is 16.2. The fourth-order valence-electron chi connectivity index (χ4n) is 1.21. The molecule has 0 fully saturated rings. The molecule has 0 radical (unpaired) electrons. The van der Waals surface area contributed by atoms with Crippen LogP contribution in [0.15, 0.2) is 18.5 Å². The molecule has 1 rings (SSSR count). The predicted octanol–water partition coefficient (Wildman–Crippen LogP) is 1.28. The average molecular weight is 193 g/mol. The van der Waals surface area contributed by atoms with E-state index in [1.54, 1.807) is 30.4 Å². The molecule has 0 aromatic carbocycles. The lowest BCUT2D eigenvalue weighted by molar-refractivity contribution is -0.121. The van der Waals surface area contributed by atoms with Crippen LogP contribution < -0.4 is 10.6 Å². The molecule has 0 bridgehead atoms. The van der Waals surface area contributed by atoms with Crippen LogP contribution in [0.25, 0.3) is 0 Å². The minimum absolute atomic E-state index is 0.0347. The number of hydrogen-bond acceptors (Lipinski definition) is 3. The van der Waals surface area contributed by atoms with Gasteiger partial charge < -0.3 is 10.6 Å². The van der Waals surface area contributed by atoms with Crippen LogP contribution in [0.3, 0.4) is 0 Å². The Hall–Kier alpha value is -1.58. The zero-order valence-electron chi connectivity index (χ0n) is 8.69. The van der Waals surface area contributed by atoms with Crippen molar-refractivity contribution in [2.45, 2.75) is 13.8 Å². The SMILES string of the molecule is CC(C)C(=O)N(C)c1ccncc1N. The zero-order valence-corrected chi connectivity index (χ0v) is 8.69. The first-order valence-electron chi connectivity index (χ1n) is 4.51. The van der Waals surface area contributed by atoms with Gasteiger partial charge in [0.05, 0.1) is 17.6 Å².